The van der Waals surface area contributed by atoms with E-state index < -0.39 is 5.56 Å². The Bertz CT molecular complexity index is 534. The highest BCUT2D eigenvalue weighted by molar-refractivity contribution is 6.30. The number of hydrogen-bond donors (Lipinski definition) is 2. The van der Waals surface area contributed by atoms with E-state index in [1.807, 2.05) is 0 Å². The molecule has 0 fully saturated rings. The highest BCUT2D eigenvalue weighted by Crippen LogP contribution is 2.20. The Labute approximate surface area is 90.2 Å². The Morgan fingerprint density at radius 3 is 2.53 bits per heavy atom. The second-order valence-corrected chi connectivity index (χ2v) is 3.38. The lowest BCUT2D eigenvalue weighted by atomic mass is 10.1. The van der Waals surface area contributed by atoms with Gasteiger partial charge in [0.15, 0.2) is 0 Å². The Morgan fingerprint density at radius 1 is 1.27 bits per heavy atom. The van der Waals surface area contributed by atoms with Crippen LogP contribution in [-0.2, 0) is 0 Å². The minimum absolute atomic E-state index is 0.0908. The third-order valence-corrected chi connectivity index (χ3v) is 2.20. The van der Waals surface area contributed by atoms with Gasteiger partial charge in [0, 0.05) is 5.56 Å². The Balaban J connectivity index is 2.50. The van der Waals surface area contributed by atoms with Gasteiger partial charge in [-0.2, -0.15) is 5.10 Å². The number of benzene rings is 1. The maximum Gasteiger partial charge on any atom is 0.282 e. The first-order valence-electron chi connectivity index (χ1n) is 4.21. The minimum Gasteiger partial charge on any atom is -0.508 e. The van der Waals surface area contributed by atoms with Gasteiger partial charge in [0.05, 0.1) is 5.69 Å². The molecule has 5 heteroatoms. The molecule has 0 spiro atoms. The van der Waals surface area contributed by atoms with E-state index in [9.17, 15) is 4.79 Å². The molecular weight excluding hydrogens is 216 g/mol. The molecule has 1 heterocycles. The summed E-state index contributed by atoms with van der Waals surface area (Å²) in [6.45, 7) is 0. The lowest BCUT2D eigenvalue weighted by molar-refractivity contribution is 0.475. The molecule has 0 amide bonds. The van der Waals surface area contributed by atoms with Crippen molar-refractivity contribution in [3.63, 3.8) is 0 Å². The third-order valence-electron chi connectivity index (χ3n) is 1.92. The van der Waals surface area contributed by atoms with Crippen LogP contribution < -0.4 is 5.56 Å². The van der Waals surface area contributed by atoms with Gasteiger partial charge in [-0.1, -0.05) is 11.6 Å². The van der Waals surface area contributed by atoms with Crippen LogP contribution in [0.2, 0.25) is 5.02 Å². The van der Waals surface area contributed by atoms with Crippen molar-refractivity contribution in [2.24, 2.45) is 0 Å². The summed E-state index contributed by atoms with van der Waals surface area (Å²) in [6.07, 6.45) is 0. The zero-order valence-electron chi connectivity index (χ0n) is 7.57. The Kier molecular flexibility index (Phi) is 2.43. The van der Waals surface area contributed by atoms with E-state index in [-0.39, 0.29) is 10.8 Å². The molecule has 0 saturated heterocycles. The molecule has 0 aliphatic heterocycles. The number of aromatic amines is 1. The molecule has 4 nitrogen and oxygen atoms in total. The molecule has 1 aromatic heterocycles. The first kappa shape index (κ1) is 9.73. The molecule has 0 radical (unpaired) electrons. The lowest BCUT2D eigenvalue weighted by Crippen LogP contribution is -2.08. The molecule has 76 valence electrons. The minimum atomic E-state index is -0.417. The van der Waals surface area contributed by atoms with Gasteiger partial charge in [-0.05, 0) is 30.3 Å². The molecule has 2 aromatic rings. The smallest absolute Gasteiger partial charge is 0.282 e. The van der Waals surface area contributed by atoms with E-state index >= 15 is 0 Å². The molecule has 2 rings (SSSR count). The largest absolute Gasteiger partial charge is 0.508 e. The van der Waals surface area contributed by atoms with E-state index in [4.69, 9.17) is 16.7 Å². The second-order valence-electron chi connectivity index (χ2n) is 2.98. The van der Waals surface area contributed by atoms with E-state index in [0.717, 1.165) is 5.56 Å². The van der Waals surface area contributed by atoms with Crippen molar-refractivity contribution in [2.45, 2.75) is 0 Å². The zero-order valence-corrected chi connectivity index (χ0v) is 8.32. The molecule has 0 saturated carbocycles. The van der Waals surface area contributed by atoms with Crippen LogP contribution in [-0.4, -0.2) is 15.3 Å². The van der Waals surface area contributed by atoms with E-state index in [2.05, 4.69) is 10.2 Å². The molecule has 1 aromatic carbocycles. The van der Waals surface area contributed by atoms with Gasteiger partial charge >= 0.3 is 0 Å². The van der Waals surface area contributed by atoms with Crippen LogP contribution in [0, 0.1) is 0 Å². The molecule has 2 N–H and O–H groups in total. The lowest BCUT2D eigenvalue weighted by Gasteiger charge is -2.00. The monoisotopic (exact) mass is 222 g/mol. The second kappa shape index (κ2) is 3.74. The zero-order chi connectivity index (χ0) is 10.8. The number of H-pyrrole nitrogens is 1. The van der Waals surface area contributed by atoms with Crippen LogP contribution in [0.15, 0.2) is 35.1 Å². The van der Waals surface area contributed by atoms with Crippen molar-refractivity contribution < 1.29 is 5.11 Å². The summed E-state index contributed by atoms with van der Waals surface area (Å²) in [5.74, 6) is 0.175. The molecule has 0 atom stereocenters. The fourth-order valence-electron chi connectivity index (χ4n) is 1.16. The van der Waals surface area contributed by atoms with Crippen LogP contribution in [0.4, 0.5) is 0 Å². The maximum atomic E-state index is 11.0. The number of aromatic nitrogens is 2. The van der Waals surface area contributed by atoms with Gasteiger partial charge in [0.1, 0.15) is 10.8 Å². The van der Waals surface area contributed by atoms with Crippen LogP contribution in [0.1, 0.15) is 0 Å². The number of nitrogens with zero attached hydrogens (tertiary/aromatic N) is 1. The van der Waals surface area contributed by atoms with E-state index in [1.165, 1.54) is 18.2 Å². The molecule has 0 unspecified atom stereocenters. The van der Waals surface area contributed by atoms with E-state index in [0.29, 0.717) is 5.69 Å². The topological polar surface area (TPSA) is 66.0 Å². The summed E-state index contributed by atoms with van der Waals surface area (Å²) in [5, 5.41) is 15.3. The van der Waals surface area contributed by atoms with Crippen LogP contribution in [0.25, 0.3) is 11.3 Å². The molecular formula is C10H7ClN2O2. The normalized spacial score (nSPS) is 10.2. The number of hydrogen-bond acceptors (Lipinski definition) is 3. The van der Waals surface area contributed by atoms with Crippen molar-refractivity contribution in [3.05, 3.63) is 45.7 Å². The summed E-state index contributed by atoms with van der Waals surface area (Å²) >= 11 is 5.66. The average Bonchev–Trinajstić information content (AvgIpc) is 2.23. The molecule has 15 heavy (non-hydrogen) atoms. The van der Waals surface area contributed by atoms with Crippen molar-refractivity contribution in [1.29, 1.82) is 0 Å². The average molecular weight is 223 g/mol. The molecule has 0 aliphatic carbocycles. The third kappa shape index (κ3) is 1.99. The Hall–Kier alpha value is -1.81. The summed E-state index contributed by atoms with van der Waals surface area (Å²) in [4.78, 5) is 11.0. The standard InChI is InChI=1S/C10H7ClN2O2/c11-8-5-9(12-13-10(8)15)6-1-3-7(14)4-2-6/h1-5,14H,(H,13,15). The predicted octanol–water partition coefficient (Wildman–Crippen LogP) is 1.80. The number of phenols is 1. The van der Waals surface area contributed by atoms with Crippen LogP contribution in [0.3, 0.4) is 0 Å². The highest BCUT2D eigenvalue weighted by Gasteiger charge is 2.02. The van der Waals surface area contributed by atoms with Gasteiger partial charge in [0.2, 0.25) is 0 Å². The van der Waals surface area contributed by atoms with Gasteiger partial charge in [-0.15, -0.1) is 0 Å². The van der Waals surface area contributed by atoms with Gasteiger partial charge < -0.3 is 5.11 Å². The van der Waals surface area contributed by atoms with Crippen LogP contribution in [0.5, 0.6) is 5.75 Å². The first-order chi connectivity index (χ1) is 7.16. The molecule has 0 bridgehead atoms. The van der Waals surface area contributed by atoms with Crippen LogP contribution >= 0.6 is 11.6 Å². The maximum absolute atomic E-state index is 11.0. The summed E-state index contributed by atoms with van der Waals surface area (Å²) < 4.78 is 0. The number of aromatic hydroxyl groups is 1. The fraction of sp³-hybridized carbons (Fsp3) is 0. The summed E-state index contributed by atoms with van der Waals surface area (Å²) in [5.41, 5.74) is 0.907. The van der Waals surface area contributed by atoms with Crippen molar-refractivity contribution in [1.82, 2.24) is 10.2 Å². The quantitative estimate of drug-likeness (QED) is 0.773. The van der Waals surface area contributed by atoms with Crippen molar-refractivity contribution in [3.8, 4) is 17.0 Å². The number of phenolic OH excluding ortho intramolecular Hbond substituents is 1. The number of halogens is 1. The van der Waals surface area contributed by atoms with Crippen molar-refractivity contribution in [2.75, 3.05) is 0 Å². The van der Waals surface area contributed by atoms with E-state index in [1.54, 1.807) is 12.1 Å². The summed E-state index contributed by atoms with van der Waals surface area (Å²) in [6, 6.07) is 7.93. The summed E-state index contributed by atoms with van der Waals surface area (Å²) in [7, 11) is 0. The SMILES string of the molecule is O=c1[nH]nc(-c2ccc(O)cc2)cc1Cl. The van der Waals surface area contributed by atoms with Gasteiger partial charge in [-0.25, -0.2) is 5.10 Å². The number of rotatable bonds is 1. The highest BCUT2D eigenvalue weighted by atomic mass is 35.5. The first-order valence-corrected chi connectivity index (χ1v) is 4.59. The fourth-order valence-corrected chi connectivity index (χ4v) is 1.31. The number of nitrogens with one attached hydrogen (secondary N) is 1. The Morgan fingerprint density at radius 2 is 1.93 bits per heavy atom. The predicted molar refractivity (Wildman–Crippen MR) is 57.0 cm³/mol. The van der Waals surface area contributed by atoms with Gasteiger partial charge in [-0.3, -0.25) is 4.79 Å². The van der Waals surface area contributed by atoms with Crippen molar-refractivity contribution >= 4 is 11.6 Å². The molecule has 0 aliphatic rings. The van der Waals surface area contributed by atoms with Gasteiger partial charge in [0.25, 0.3) is 5.56 Å².